The van der Waals surface area contributed by atoms with Crippen molar-refractivity contribution >= 4 is 21.4 Å². The summed E-state index contributed by atoms with van der Waals surface area (Å²) in [6.45, 7) is 8.90. The summed E-state index contributed by atoms with van der Waals surface area (Å²) < 4.78 is 40.2. The number of alkyl halides is 3. The molecule has 2 heterocycles. The molecule has 2 atom stereocenters. The van der Waals surface area contributed by atoms with E-state index in [2.05, 4.69) is 19.4 Å². The Labute approximate surface area is 208 Å². The molecule has 10 heteroatoms. The smallest absolute Gasteiger partial charge is 0.337 e. The van der Waals surface area contributed by atoms with Crippen LogP contribution in [0.3, 0.4) is 0 Å². The summed E-state index contributed by atoms with van der Waals surface area (Å²) in [6.07, 6.45) is 2.78. The minimum atomic E-state index is -4.34. The van der Waals surface area contributed by atoms with Crippen LogP contribution in [0.25, 0.3) is 0 Å². The predicted octanol–water partition coefficient (Wildman–Crippen LogP) is 5.31. The van der Waals surface area contributed by atoms with Gasteiger partial charge in [0.2, 0.25) is 5.91 Å². The summed E-state index contributed by atoms with van der Waals surface area (Å²) in [5.41, 5.74) is 2.20. The highest BCUT2D eigenvalue weighted by atomic mass is 31.0. The monoisotopic (exact) mass is 514 g/mol. The number of aromatic nitrogens is 2. The average molecular weight is 515 g/mol. The van der Waals surface area contributed by atoms with Gasteiger partial charge in [0, 0.05) is 19.0 Å². The number of nitrogens with zero attached hydrogens (tertiary/aromatic N) is 3. The molecular formula is C25H38F3N4O2P. The molecule has 1 aromatic heterocycles. The Hall–Kier alpha value is -2.25. The Balaban J connectivity index is 0.000000375. The molecule has 0 saturated carbocycles. The van der Waals surface area contributed by atoms with Gasteiger partial charge >= 0.3 is 6.18 Å². The maximum atomic E-state index is 13.4. The fourth-order valence-corrected chi connectivity index (χ4v) is 4.35. The fourth-order valence-electron chi connectivity index (χ4n) is 3.96. The van der Waals surface area contributed by atoms with E-state index < -0.39 is 11.7 Å². The Morgan fingerprint density at radius 1 is 1.31 bits per heavy atom. The van der Waals surface area contributed by atoms with E-state index in [-0.39, 0.29) is 11.8 Å². The highest BCUT2D eigenvalue weighted by Crippen LogP contribution is 2.40. The lowest BCUT2D eigenvalue weighted by atomic mass is 9.86. The lowest BCUT2D eigenvalue weighted by Gasteiger charge is -2.26. The lowest BCUT2D eigenvalue weighted by Crippen LogP contribution is -2.34. The maximum Gasteiger partial charge on any atom is 0.416 e. The number of hydrogen-bond donors (Lipinski definition) is 1. The van der Waals surface area contributed by atoms with E-state index in [4.69, 9.17) is 0 Å². The third kappa shape index (κ3) is 9.37. The molecule has 1 amide bonds. The van der Waals surface area contributed by atoms with Gasteiger partial charge in [-0.3, -0.25) is 14.7 Å². The van der Waals surface area contributed by atoms with Crippen LogP contribution in [0.5, 0.6) is 0 Å². The van der Waals surface area contributed by atoms with Gasteiger partial charge in [-0.15, -0.1) is 9.24 Å². The molecule has 0 saturated heterocycles. The molecule has 6 nitrogen and oxygen atoms in total. The van der Waals surface area contributed by atoms with Gasteiger partial charge in [-0.2, -0.15) is 18.3 Å². The first-order valence-corrected chi connectivity index (χ1v) is 12.2. The molecule has 1 aliphatic heterocycles. The first-order chi connectivity index (χ1) is 16.4. The first kappa shape index (κ1) is 30.8. The van der Waals surface area contributed by atoms with Crippen molar-refractivity contribution in [3.05, 3.63) is 51.6 Å². The number of carbonyl (C=O) groups excluding carboxylic acids is 2. The molecular weight excluding hydrogens is 476 g/mol. The normalized spacial score (nSPS) is 16.0. The SMILES string of the molecule is CC(=O)N1CCc2c(C=O)n[nH]c2C1.C\C=C/C=C(\C(=C(/C)P)C(CC)CCN(C)C)C(F)(F)F. The number of H-pyrrole nitrogens is 1. The lowest BCUT2D eigenvalue weighted by molar-refractivity contribution is -0.129. The van der Waals surface area contributed by atoms with Crippen molar-refractivity contribution in [1.82, 2.24) is 20.0 Å². The number of halogens is 3. The number of nitrogens with one attached hydrogen (secondary N) is 1. The van der Waals surface area contributed by atoms with Crippen LogP contribution in [0.4, 0.5) is 13.2 Å². The summed E-state index contributed by atoms with van der Waals surface area (Å²) in [5.74, 6) is -0.0408. The number of amides is 1. The van der Waals surface area contributed by atoms with Crippen molar-refractivity contribution in [2.24, 2.45) is 5.92 Å². The zero-order valence-electron chi connectivity index (χ0n) is 21.5. The first-order valence-electron chi connectivity index (χ1n) is 11.7. The molecule has 2 unspecified atom stereocenters. The van der Waals surface area contributed by atoms with Crippen LogP contribution in [-0.2, 0) is 17.8 Å². The Morgan fingerprint density at radius 3 is 2.43 bits per heavy atom. The van der Waals surface area contributed by atoms with Crippen molar-refractivity contribution < 1.29 is 22.8 Å². The van der Waals surface area contributed by atoms with Crippen molar-refractivity contribution in [2.75, 3.05) is 27.2 Å². The van der Waals surface area contributed by atoms with Crippen molar-refractivity contribution in [3.63, 3.8) is 0 Å². The van der Waals surface area contributed by atoms with Crippen LogP contribution in [0, 0.1) is 5.92 Å². The van der Waals surface area contributed by atoms with Crippen LogP contribution in [0.2, 0.25) is 0 Å². The van der Waals surface area contributed by atoms with Gasteiger partial charge in [-0.05, 0) is 65.2 Å². The molecule has 0 spiro atoms. The van der Waals surface area contributed by atoms with Crippen molar-refractivity contribution in [3.8, 4) is 0 Å². The van der Waals surface area contributed by atoms with E-state index in [0.29, 0.717) is 48.9 Å². The highest BCUT2D eigenvalue weighted by Gasteiger charge is 2.38. The number of aldehydes is 1. The average Bonchev–Trinajstić information content (AvgIpc) is 3.19. The largest absolute Gasteiger partial charge is 0.416 e. The van der Waals surface area contributed by atoms with E-state index in [1.54, 1.807) is 31.7 Å². The second kappa shape index (κ2) is 14.3. The number of carbonyl (C=O) groups is 2. The third-order valence-electron chi connectivity index (χ3n) is 5.82. The zero-order valence-corrected chi connectivity index (χ0v) is 22.7. The van der Waals surface area contributed by atoms with Gasteiger partial charge in [0.25, 0.3) is 0 Å². The highest BCUT2D eigenvalue weighted by molar-refractivity contribution is 7.22. The minimum Gasteiger partial charge on any atom is -0.337 e. The molecule has 0 bridgehead atoms. The molecule has 0 radical (unpaired) electrons. The van der Waals surface area contributed by atoms with E-state index in [1.165, 1.54) is 12.2 Å². The van der Waals surface area contributed by atoms with Crippen LogP contribution < -0.4 is 0 Å². The second-order valence-electron chi connectivity index (χ2n) is 8.77. The maximum absolute atomic E-state index is 13.4. The molecule has 1 N–H and O–H groups in total. The van der Waals surface area contributed by atoms with Crippen LogP contribution in [0.15, 0.2) is 34.7 Å². The summed E-state index contributed by atoms with van der Waals surface area (Å²) >= 11 is 0. The number of rotatable bonds is 8. The standard InChI is InChI=1S/C16H27F3NP.C9H11N3O2/c1-6-8-9-14(16(17,18)19)15(12(3)21)13(7-2)10-11-20(4)5;1-6(14)12-3-2-7-8(4-12)10-11-9(7)5-13/h6,8-9,13H,7,10-11,21H2,1-5H3;5H,2-4H2,1H3,(H,10,11)/b8-6-,14-9+,15-12+;. The van der Waals surface area contributed by atoms with Crippen LogP contribution in [0.1, 0.15) is 62.3 Å². The van der Waals surface area contributed by atoms with Crippen molar-refractivity contribution in [1.29, 1.82) is 0 Å². The molecule has 0 aliphatic carbocycles. The van der Waals surface area contributed by atoms with Crippen molar-refractivity contribution in [2.45, 2.75) is 59.7 Å². The van der Waals surface area contributed by atoms with Crippen LogP contribution in [-0.4, -0.2) is 65.6 Å². The topological polar surface area (TPSA) is 69.3 Å². The molecule has 0 fully saturated rings. The van der Waals surface area contributed by atoms with Gasteiger partial charge in [0.1, 0.15) is 5.69 Å². The van der Waals surface area contributed by atoms with E-state index in [1.807, 2.05) is 25.9 Å². The number of allylic oxidation sites excluding steroid dienone is 6. The Kier molecular flexibility index (Phi) is 12.6. The van der Waals surface area contributed by atoms with Gasteiger partial charge in [0.15, 0.2) is 6.29 Å². The molecule has 0 aromatic carbocycles. The third-order valence-corrected chi connectivity index (χ3v) is 6.14. The van der Waals surface area contributed by atoms with Gasteiger partial charge < -0.3 is 9.80 Å². The number of aromatic amines is 1. The number of fused-ring (bicyclic) bond motifs is 1. The summed E-state index contributed by atoms with van der Waals surface area (Å²) in [7, 11) is 6.31. The quantitative estimate of drug-likeness (QED) is 0.290. The molecule has 1 aromatic rings. The fraction of sp³-hybridized carbons (Fsp3) is 0.560. The molecule has 1 aliphatic rings. The molecule has 35 heavy (non-hydrogen) atoms. The van der Waals surface area contributed by atoms with Gasteiger partial charge in [-0.25, -0.2) is 0 Å². The van der Waals surface area contributed by atoms with E-state index in [0.717, 1.165) is 24.1 Å². The van der Waals surface area contributed by atoms with E-state index in [9.17, 15) is 22.8 Å². The Morgan fingerprint density at radius 2 is 1.97 bits per heavy atom. The summed E-state index contributed by atoms with van der Waals surface area (Å²) in [6, 6.07) is 0. The molecule has 196 valence electrons. The van der Waals surface area contributed by atoms with Gasteiger partial charge in [-0.1, -0.05) is 30.5 Å². The summed E-state index contributed by atoms with van der Waals surface area (Å²) in [5, 5.41) is 7.33. The predicted molar refractivity (Wildman–Crippen MR) is 137 cm³/mol. The number of hydrogen-bond acceptors (Lipinski definition) is 4. The van der Waals surface area contributed by atoms with Crippen LogP contribution >= 0.6 is 9.24 Å². The summed E-state index contributed by atoms with van der Waals surface area (Å²) in [4.78, 5) is 25.4. The molecule has 2 rings (SSSR count). The van der Waals surface area contributed by atoms with Gasteiger partial charge in [0.05, 0.1) is 17.8 Å². The Bertz CT molecular complexity index is 945. The van der Waals surface area contributed by atoms with E-state index >= 15 is 0 Å². The zero-order chi connectivity index (χ0) is 26.8. The second-order valence-corrected chi connectivity index (χ2v) is 9.64. The minimum absolute atomic E-state index is 0.0536.